The van der Waals surface area contributed by atoms with Gasteiger partial charge < -0.3 is 14.9 Å². The number of hydrogen-bond acceptors (Lipinski definition) is 9. The lowest BCUT2D eigenvalue weighted by Gasteiger charge is -2.05. The molecule has 33 heavy (non-hydrogen) atoms. The van der Waals surface area contributed by atoms with E-state index < -0.39 is 6.09 Å². The zero-order valence-electron chi connectivity index (χ0n) is 19.0. The van der Waals surface area contributed by atoms with Crippen LogP contribution in [-0.4, -0.2) is 62.0 Å². The summed E-state index contributed by atoms with van der Waals surface area (Å²) in [6.45, 7) is 6.71. The van der Waals surface area contributed by atoms with Gasteiger partial charge in [-0.15, -0.1) is 5.10 Å². The van der Waals surface area contributed by atoms with Gasteiger partial charge in [-0.3, -0.25) is 4.98 Å². The van der Waals surface area contributed by atoms with E-state index in [1.165, 1.54) is 7.11 Å². The number of carbonyl (C=O) groups excluding carboxylic acids is 1. The maximum Gasteiger partial charge on any atom is 0.406 e. The maximum absolute atomic E-state index is 11.0. The Morgan fingerprint density at radius 2 is 2.06 bits per heavy atom. The Morgan fingerprint density at radius 1 is 1.21 bits per heavy atom. The van der Waals surface area contributed by atoms with Crippen molar-refractivity contribution in [1.29, 1.82) is 0 Å². The van der Waals surface area contributed by atoms with Gasteiger partial charge in [-0.1, -0.05) is 36.3 Å². The van der Waals surface area contributed by atoms with Crippen LogP contribution in [0, 0.1) is 0 Å². The van der Waals surface area contributed by atoms with Crippen molar-refractivity contribution in [2.24, 2.45) is 5.16 Å². The summed E-state index contributed by atoms with van der Waals surface area (Å²) >= 11 is 0. The number of hydrogen-bond donors (Lipinski definition) is 1. The molecule has 0 spiro atoms. The maximum atomic E-state index is 11.0. The molecule has 172 valence electrons. The normalized spacial score (nSPS) is 11.1. The number of amides is 1. The summed E-state index contributed by atoms with van der Waals surface area (Å²) < 4.78 is 6.17. The van der Waals surface area contributed by atoms with E-state index in [0.717, 1.165) is 16.5 Å². The Labute approximate surface area is 190 Å². The molecule has 0 fully saturated rings. The van der Waals surface area contributed by atoms with Crippen LogP contribution in [0.25, 0.3) is 22.2 Å². The molecule has 0 aliphatic rings. The first kappa shape index (κ1) is 23.5. The number of oxime groups is 1. The number of ether oxygens (including phenoxy) is 1. The van der Waals surface area contributed by atoms with Crippen LogP contribution in [0.3, 0.4) is 0 Å². The Morgan fingerprint density at radius 3 is 2.88 bits per heavy atom. The highest BCUT2D eigenvalue weighted by Gasteiger charge is 2.11. The molecule has 3 heterocycles. The average Bonchev–Trinajstić information content (AvgIpc) is 3.26. The second-order valence-electron chi connectivity index (χ2n) is 6.61. The highest BCUT2D eigenvalue weighted by molar-refractivity contribution is 5.97. The zero-order chi connectivity index (χ0) is 23.6. The molecule has 0 saturated carbocycles. The largest absolute Gasteiger partial charge is 0.453 e. The minimum atomic E-state index is -0.524. The van der Waals surface area contributed by atoms with Crippen molar-refractivity contribution in [3.8, 4) is 0 Å². The van der Waals surface area contributed by atoms with Crippen LogP contribution in [0.5, 0.6) is 0 Å². The van der Waals surface area contributed by atoms with Gasteiger partial charge in [-0.25, -0.2) is 19.4 Å². The molecule has 1 N–H and O–H groups in total. The number of rotatable bonds is 7. The smallest absolute Gasteiger partial charge is 0.406 e. The fraction of sp³-hybridized carbons (Fsp3) is 0.318. The van der Waals surface area contributed by atoms with Crippen LogP contribution in [0.1, 0.15) is 32.0 Å². The molecule has 0 atom stereocenters. The monoisotopic (exact) mass is 450 g/mol. The Hall–Kier alpha value is -4.15. The van der Waals surface area contributed by atoms with Crippen LogP contribution in [0.15, 0.2) is 47.9 Å². The van der Waals surface area contributed by atoms with Crippen molar-refractivity contribution in [1.82, 2.24) is 35.3 Å². The fourth-order valence-electron chi connectivity index (χ4n) is 2.89. The Bertz CT molecular complexity index is 1250. The first-order valence-corrected chi connectivity index (χ1v) is 10.5. The van der Waals surface area contributed by atoms with E-state index in [-0.39, 0.29) is 13.2 Å². The zero-order valence-corrected chi connectivity index (χ0v) is 19.0. The van der Waals surface area contributed by atoms with Crippen molar-refractivity contribution < 1.29 is 14.4 Å². The lowest BCUT2D eigenvalue weighted by atomic mass is 10.1. The van der Waals surface area contributed by atoms with Crippen molar-refractivity contribution in [3.63, 3.8) is 0 Å². The molecule has 0 unspecified atom stereocenters. The van der Waals surface area contributed by atoms with Crippen LogP contribution in [0.4, 0.5) is 4.79 Å². The van der Waals surface area contributed by atoms with Crippen LogP contribution in [0.2, 0.25) is 0 Å². The van der Waals surface area contributed by atoms with E-state index >= 15 is 0 Å². The topological polar surface area (TPSA) is 129 Å². The first-order valence-electron chi connectivity index (χ1n) is 10.5. The van der Waals surface area contributed by atoms with Gasteiger partial charge >= 0.3 is 6.09 Å². The lowest BCUT2D eigenvalue weighted by Crippen LogP contribution is -2.26. The minimum absolute atomic E-state index is 0.193. The number of aromatic nitrogens is 6. The number of carbonyl (C=O) groups is 1. The van der Waals surface area contributed by atoms with Gasteiger partial charge in [0.1, 0.15) is 18.0 Å². The van der Waals surface area contributed by atoms with Crippen molar-refractivity contribution >= 4 is 34.0 Å². The predicted molar refractivity (Wildman–Crippen MR) is 124 cm³/mol. The molecule has 0 aliphatic carbocycles. The van der Waals surface area contributed by atoms with Crippen molar-refractivity contribution in [2.75, 3.05) is 20.3 Å². The van der Waals surface area contributed by atoms with E-state index in [4.69, 9.17) is 4.84 Å². The van der Waals surface area contributed by atoms with E-state index in [1.54, 1.807) is 24.0 Å². The van der Waals surface area contributed by atoms with Gasteiger partial charge in [0.25, 0.3) is 0 Å². The number of fused-ring (bicyclic) bond motifs is 2. The van der Waals surface area contributed by atoms with E-state index in [1.807, 2.05) is 38.1 Å². The second-order valence-corrected chi connectivity index (χ2v) is 6.61. The summed E-state index contributed by atoms with van der Waals surface area (Å²) in [6, 6.07) is 9.97. The van der Waals surface area contributed by atoms with Crippen molar-refractivity contribution in [2.45, 2.75) is 27.3 Å². The number of nitrogens with one attached hydrogen (secondary N) is 1. The SMILES string of the molecule is CC.COC(=O)NCCO/N=C(\C)c1cnc2nnn(Cc3ccc4ncccc4c3)c2n1. The summed E-state index contributed by atoms with van der Waals surface area (Å²) in [4.78, 5) is 29.5. The molecule has 4 rings (SSSR count). The number of benzene rings is 1. The number of methoxy groups -OCH3 is 1. The summed E-state index contributed by atoms with van der Waals surface area (Å²) in [5.41, 5.74) is 4.06. The summed E-state index contributed by atoms with van der Waals surface area (Å²) in [7, 11) is 1.30. The van der Waals surface area contributed by atoms with Crippen LogP contribution in [-0.2, 0) is 16.1 Å². The van der Waals surface area contributed by atoms with Crippen molar-refractivity contribution in [3.05, 3.63) is 54.0 Å². The minimum Gasteiger partial charge on any atom is -0.453 e. The van der Waals surface area contributed by atoms with Crippen LogP contribution < -0.4 is 5.32 Å². The Kier molecular flexibility index (Phi) is 8.17. The molecule has 4 aromatic rings. The molecular weight excluding hydrogens is 424 g/mol. The lowest BCUT2D eigenvalue weighted by molar-refractivity contribution is 0.136. The fourth-order valence-corrected chi connectivity index (χ4v) is 2.89. The highest BCUT2D eigenvalue weighted by atomic mass is 16.6. The molecule has 1 amide bonds. The van der Waals surface area contributed by atoms with Gasteiger partial charge in [0, 0.05) is 11.6 Å². The third kappa shape index (κ3) is 5.97. The Balaban J connectivity index is 0.00000149. The molecule has 11 nitrogen and oxygen atoms in total. The molecule has 3 aromatic heterocycles. The predicted octanol–water partition coefficient (Wildman–Crippen LogP) is 2.94. The van der Waals surface area contributed by atoms with Gasteiger partial charge in [-0.05, 0) is 30.7 Å². The highest BCUT2D eigenvalue weighted by Crippen LogP contribution is 2.15. The molecule has 11 heteroatoms. The first-order chi connectivity index (χ1) is 16.1. The summed E-state index contributed by atoms with van der Waals surface area (Å²) in [6.07, 6.45) is 2.81. The number of pyridine rings is 1. The average molecular weight is 451 g/mol. The van der Waals surface area contributed by atoms with Crippen LogP contribution >= 0.6 is 0 Å². The second kappa shape index (κ2) is 11.5. The van der Waals surface area contributed by atoms with Gasteiger partial charge in [0.05, 0.1) is 31.9 Å². The molecule has 1 aromatic carbocycles. The molecule has 0 bridgehead atoms. The molecule has 0 saturated heterocycles. The van der Waals surface area contributed by atoms with Gasteiger partial charge in [-0.2, -0.15) is 0 Å². The van der Waals surface area contributed by atoms with Gasteiger partial charge in [0.2, 0.25) is 5.65 Å². The van der Waals surface area contributed by atoms with E-state index in [0.29, 0.717) is 29.2 Å². The number of alkyl carbamates (subject to hydrolysis) is 1. The third-order valence-electron chi connectivity index (χ3n) is 4.45. The summed E-state index contributed by atoms with van der Waals surface area (Å²) in [5, 5.41) is 15.9. The summed E-state index contributed by atoms with van der Waals surface area (Å²) in [5.74, 6) is 0. The number of nitrogens with zero attached hydrogens (tertiary/aromatic N) is 7. The molecule has 0 aliphatic heterocycles. The third-order valence-corrected chi connectivity index (χ3v) is 4.45. The molecular formula is C22H26N8O3. The quantitative estimate of drug-likeness (QED) is 0.258. The molecule has 0 radical (unpaired) electrons. The van der Waals surface area contributed by atoms with Gasteiger partial charge in [0.15, 0.2) is 5.65 Å². The van der Waals surface area contributed by atoms with E-state index in [9.17, 15) is 4.79 Å². The standard InChI is InChI=1S/C20H20N8O3.C2H6/c1-13(26-31-9-8-22-20(29)30-2)17-11-23-18-19(24-17)28(27-25-18)12-14-5-6-16-15(10-14)4-3-7-21-16;1-2/h3-7,10-11H,8-9,12H2,1-2H3,(H,22,29);1-2H3/b26-13+;. The van der Waals surface area contributed by atoms with E-state index in [2.05, 4.69) is 46.5 Å².